The van der Waals surface area contributed by atoms with Crippen LogP contribution in [0, 0.1) is 5.82 Å². The average Bonchev–Trinajstić information content (AvgIpc) is 2.47. The topological polar surface area (TPSA) is 78.4 Å². The van der Waals surface area contributed by atoms with Crippen LogP contribution >= 0.6 is 0 Å². The average molecular weight is 302 g/mol. The van der Waals surface area contributed by atoms with Crippen LogP contribution in [0.2, 0.25) is 0 Å². The summed E-state index contributed by atoms with van der Waals surface area (Å²) in [5.74, 6) is -1.64. The number of carbonyl (C=O) groups is 2. The molecule has 0 spiro atoms. The number of amides is 2. The molecule has 0 aromatic heterocycles. The van der Waals surface area contributed by atoms with Crippen molar-refractivity contribution >= 4 is 17.7 Å². The van der Waals surface area contributed by atoms with Crippen molar-refractivity contribution < 1.29 is 19.1 Å². The van der Waals surface area contributed by atoms with Gasteiger partial charge in [-0.05, 0) is 29.8 Å². The second kappa shape index (κ2) is 7.21. The van der Waals surface area contributed by atoms with E-state index in [1.807, 2.05) is 0 Å². The molecule has 114 valence electrons. The Morgan fingerprint density at radius 3 is 2.45 bits per heavy atom. The number of nitrogens with one attached hydrogen (secondary N) is 2. The lowest BCUT2D eigenvalue weighted by Gasteiger charge is -2.15. The largest absolute Gasteiger partial charge is 0.480 e. The van der Waals surface area contributed by atoms with E-state index in [-0.39, 0.29) is 6.42 Å². The van der Waals surface area contributed by atoms with Crippen LogP contribution in [0.25, 0.3) is 0 Å². The molecule has 2 amide bonds. The first-order valence-electron chi connectivity index (χ1n) is 6.64. The molecule has 0 aliphatic carbocycles. The fourth-order valence-corrected chi connectivity index (χ4v) is 1.95. The highest BCUT2D eigenvalue weighted by Crippen LogP contribution is 2.08. The van der Waals surface area contributed by atoms with E-state index in [1.165, 1.54) is 18.2 Å². The van der Waals surface area contributed by atoms with Crippen LogP contribution in [-0.4, -0.2) is 23.1 Å². The molecule has 6 heteroatoms. The summed E-state index contributed by atoms with van der Waals surface area (Å²) in [6, 6.07) is 12.5. The van der Waals surface area contributed by atoms with Gasteiger partial charge in [0.05, 0.1) is 0 Å². The van der Waals surface area contributed by atoms with Gasteiger partial charge in [0.25, 0.3) is 0 Å². The predicted molar refractivity (Wildman–Crippen MR) is 80.1 cm³/mol. The first kappa shape index (κ1) is 15.5. The number of urea groups is 1. The third-order valence-electron chi connectivity index (χ3n) is 2.96. The number of para-hydroxylation sites is 1. The number of hydrogen-bond acceptors (Lipinski definition) is 2. The molecular weight excluding hydrogens is 287 g/mol. The number of hydrogen-bond donors (Lipinski definition) is 3. The maximum atomic E-state index is 13.1. The molecule has 0 heterocycles. The van der Waals surface area contributed by atoms with Crippen LogP contribution in [0.1, 0.15) is 5.56 Å². The van der Waals surface area contributed by atoms with Crippen molar-refractivity contribution in [1.82, 2.24) is 5.32 Å². The molecule has 0 bridgehead atoms. The van der Waals surface area contributed by atoms with E-state index in [2.05, 4.69) is 10.6 Å². The van der Waals surface area contributed by atoms with Crippen LogP contribution in [0.5, 0.6) is 0 Å². The zero-order valence-corrected chi connectivity index (χ0v) is 11.6. The summed E-state index contributed by atoms with van der Waals surface area (Å²) >= 11 is 0. The number of carboxylic acids is 1. The molecule has 5 nitrogen and oxygen atoms in total. The number of benzene rings is 2. The Kier molecular flexibility index (Phi) is 5.08. The van der Waals surface area contributed by atoms with E-state index in [0.29, 0.717) is 11.3 Å². The van der Waals surface area contributed by atoms with Gasteiger partial charge in [0.15, 0.2) is 0 Å². The Morgan fingerprint density at radius 1 is 1.09 bits per heavy atom. The van der Waals surface area contributed by atoms with Crippen LogP contribution < -0.4 is 10.6 Å². The second-order valence-corrected chi connectivity index (χ2v) is 4.69. The van der Waals surface area contributed by atoms with Gasteiger partial charge in [0, 0.05) is 12.1 Å². The number of carbonyl (C=O) groups excluding carboxylic acids is 1. The van der Waals surface area contributed by atoms with E-state index in [9.17, 15) is 19.1 Å². The zero-order chi connectivity index (χ0) is 15.9. The maximum absolute atomic E-state index is 13.1. The van der Waals surface area contributed by atoms with Crippen molar-refractivity contribution in [3.8, 4) is 0 Å². The minimum atomic E-state index is -1.19. The molecule has 0 radical (unpaired) electrons. The Bertz CT molecular complexity index is 661. The summed E-state index contributed by atoms with van der Waals surface area (Å²) in [4.78, 5) is 23.1. The van der Waals surface area contributed by atoms with Gasteiger partial charge in [-0.25, -0.2) is 14.0 Å². The van der Waals surface area contributed by atoms with Crippen molar-refractivity contribution in [1.29, 1.82) is 0 Å². The minimum Gasteiger partial charge on any atom is -0.480 e. The Hall–Kier alpha value is -2.89. The van der Waals surface area contributed by atoms with Gasteiger partial charge >= 0.3 is 12.0 Å². The monoisotopic (exact) mass is 302 g/mol. The molecule has 2 aromatic rings. The molecule has 3 N–H and O–H groups in total. The summed E-state index contributed by atoms with van der Waals surface area (Å²) in [5.41, 5.74) is 1.04. The van der Waals surface area contributed by atoms with Gasteiger partial charge in [-0.1, -0.05) is 30.3 Å². The summed E-state index contributed by atoms with van der Waals surface area (Å²) in [5, 5.41) is 14.1. The molecule has 22 heavy (non-hydrogen) atoms. The fourth-order valence-electron chi connectivity index (χ4n) is 1.95. The van der Waals surface area contributed by atoms with Crippen molar-refractivity contribution in [3.63, 3.8) is 0 Å². The molecule has 0 unspecified atom stereocenters. The normalized spacial score (nSPS) is 11.5. The van der Waals surface area contributed by atoms with Gasteiger partial charge in [-0.2, -0.15) is 0 Å². The molecule has 0 aliphatic heterocycles. The van der Waals surface area contributed by atoms with Crippen LogP contribution in [0.3, 0.4) is 0 Å². The molecule has 0 aliphatic rings. The van der Waals surface area contributed by atoms with Crippen molar-refractivity contribution in [2.75, 3.05) is 5.32 Å². The fraction of sp³-hybridized carbons (Fsp3) is 0.125. The van der Waals surface area contributed by atoms with Crippen LogP contribution in [0.15, 0.2) is 54.6 Å². The van der Waals surface area contributed by atoms with Crippen molar-refractivity contribution in [2.45, 2.75) is 12.5 Å². The number of aliphatic carboxylic acids is 1. The first-order chi connectivity index (χ1) is 10.5. The van der Waals surface area contributed by atoms with Gasteiger partial charge in [0.2, 0.25) is 0 Å². The van der Waals surface area contributed by atoms with E-state index < -0.39 is 23.9 Å². The third kappa shape index (κ3) is 4.59. The number of rotatable bonds is 5. The SMILES string of the molecule is O=C(Nc1ccccc1)N[C@@H](Cc1cccc(F)c1)C(=O)O. The first-order valence-corrected chi connectivity index (χ1v) is 6.64. The van der Waals surface area contributed by atoms with Gasteiger partial charge < -0.3 is 15.7 Å². The molecule has 2 aromatic carbocycles. The molecule has 0 saturated heterocycles. The molecule has 0 fully saturated rings. The van der Waals surface area contributed by atoms with Crippen molar-refractivity contribution in [2.24, 2.45) is 0 Å². The maximum Gasteiger partial charge on any atom is 0.326 e. The van der Waals surface area contributed by atoms with Crippen LogP contribution in [0.4, 0.5) is 14.9 Å². The number of halogens is 1. The highest BCUT2D eigenvalue weighted by atomic mass is 19.1. The van der Waals surface area contributed by atoms with Crippen molar-refractivity contribution in [3.05, 3.63) is 66.0 Å². The molecule has 2 rings (SSSR count). The summed E-state index contributed by atoms with van der Waals surface area (Å²) < 4.78 is 13.1. The Morgan fingerprint density at radius 2 is 1.82 bits per heavy atom. The quantitative estimate of drug-likeness (QED) is 0.794. The lowest BCUT2D eigenvalue weighted by molar-refractivity contribution is -0.139. The lowest BCUT2D eigenvalue weighted by atomic mass is 10.1. The van der Waals surface area contributed by atoms with E-state index in [1.54, 1.807) is 36.4 Å². The second-order valence-electron chi connectivity index (χ2n) is 4.69. The summed E-state index contributed by atoms with van der Waals surface area (Å²) in [6.07, 6.45) is -0.00466. The smallest absolute Gasteiger partial charge is 0.326 e. The summed E-state index contributed by atoms with van der Waals surface area (Å²) in [7, 11) is 0. The molecule has 1 atom stereocenters. The molecular formula is C16H15FN2O3. The zero-order valence-electron chi connectivity index (χ0n) is 11.6. The van der Waals surface area contributed by atoms with Gasteiger partial charge in [0.1, 0.15) is 11.9 Å². The molecule has 0 saturated carbocycles. The highest BCUT2D eigenvalue weighted by Gasteiger charge is 2.20. The van der Waals surface area contributed by atoms with Crippen LogP contribution in [-0.2, 0) is 11.2 Å². The minimum absolute atomic E-state index is 0.00466. The van der Waals surface area contributed by atoms with Gasteiger partial charge in [-0.15, -0.1) is 0 Å². The summed E-state index contributed by atoms with van der Waals surface area (Å²) in [6.45, 7) is 0. The van der Waals surface area contributed by atoms with E-state index in [0.717, 1.165) is 0 Å². The Balaban J connectivity index is 1.99. The number of anilines is 1. The lowest BCUT2D eigenvalue weighted by Crippen LogP contribution is -2.44. The van der Waals surface area contributed by atoms with E-state index >= 15 is 0 Å². The predicted octanol–water partition coefficient (Wildman–Crippen LogP) is 2.64. The van der Waals surface area contributed by atoms with Gasteiger partial charge in [-0.3, -0.25) is 0 Å². The Labute approximate surface area is 126 Å². The highest BCUT2D eigenvalue weighted by molar-refractivity contribution is 5.92. The standard InChI is InChI=1S/C16H15FN2O3/c17-12-6-4-5-11(9-12)10-14(15(20)21)19-16(22)18-13-7-2-1-3-8-13/h1-9,14H,10H2,(H,20,21)(H2,18,19,22)/t14-/m0/s1. The third-order valence-corrected chi connectivity index (χ3v) is 2.96. The number of carboxylic acid groups (broad SMARTS) is 1. The van der Waals surface area contributed by atoms with E-state index in [4.69, 9.17) is 0 Å².